The molecule has 2 aromatic carbocycles. The van der Waals surface area contributed by atoms with Crippen molar-refractivity contribution >= 4 is 61.9 Å². The molecule has 0 fully saturated rings. The third kappa shape index (κ3) is 3.90. The maximum atomic E-state index is 12.6. The lowest BCUT2D eigenvalue weighted by molar-refractivity contribution is 0.0982. The maximum absolute atomic E-state index is 12.6. The first-order valence-corrected chi connectivity index (χ1v) is 9.99. The summed E-state index contributed by atoms with van der Waals surface area (Å²) in [7, 11) is 0. The molecule has 3 aromatic rings. The van der Waals surface area contributed by atoms with E-state index in [-0.39, 0.29) is 11.0 Å². The molecule has 0 aliphatic heterocycles. The highest BCUT2D eigenvalue weighted by Gasteiger charge is 2.18. The van der Waals surface area contributed by atoms with E-state index in [1.165, 1.54) is 16.9 Å². The van der Waals surface area contributed by atoms with Crippen LogP contribution in [0.25, 0.3) is 10.1 Å². The van der Waals surface area contributed by atoms with Gasteiger partial charge in [0, 0.05) is 15.8 Å². The molecule has 1 atom stereocenters. The van der Waals surface area contributed by atoms with Crippen LogP contribution in [0.4, 0.5) is 5.69 Å². The molecule has 1 aromatic heterocycles. The molecule has 0 aliphatic carbocycles. The Morgan fingerprint density at radius 2 is 1.88 bits per heavy atom. The van der Waals surface area contributed by atoms with Crippen molar-refractivity contribution in [1.29, 1.82) is 0 Å². The van der Waals surface area contributed by atoms with Crippen LogP contribution in [0.1, 0.15) is 41.4 Å². The van der Waals surface area contributed by atoms with Gasteiger partial charge in [-0.1, -0.05) is 61.8 Å². The number of nitrogens with one attached hydrogen (secondary N) is 2. The van der Waals surface area contributed by atoms with E-state index >= 15 is 0 Å². The Kier molecular flexibility index (Phi) is 5.91. The van der Waals surface area contributed by atoms with Gasteiger partial charge in [0.15, 0.2) is 5.11 Å². The van der Waals surface area contributed by atoms with E-state index in [0.29, 0.717) is 15.8 Å². The molecule has 2 N–H and O–H groups in total. The van der Waals surface area contributed by atoms with E-state index < -0.39 is 0 Å². The zero-order valence-corrected chi connectivity index (χ0v) is 16.9. The molecular weight excluding hydrogens is 384 g/mol. The lowest BCUT2D eigenvalue weighted by atomic mass is 9.97. The monoisotopic (exact) mass is 402 g/mol. The molecule has 1 heterocycles. The fourth-order valence-electron chi connectivity index (χ4n) is 2.73. The van der Waals surface area contributed by atoms with Gasteiger partial charge >= 0.3 is 0 Å². The molecule has 6 heteroatoms. The highest BCUT2D eigenvalue weighted by molar-refractivity contribution is 7.80. The molecule has 0 saturated heterocycles. The minimum Gasteiger partial charge on any atom is -0.332 e. The van der Waals surface area contributed by atoms with Gasteiger partial charge in [-0.05, 0) is 42.3 Å². The summed E-state index contributed by atoms with van der Waals surface area (Å²) in [5, 5.41) is 7.49. The van der Waals surface area contributed by atoms with Gasteiger partial charge in [-0.15, -0.1) is 11.3 Å². The number of rotatable bonds is 4. The number of benzene rings is 2. The number of hydrogen-bond donors (Lipinski definition) is 2. The Morgan fingerprint density at radius 1 is 1.19 bits per heavy atom. The first-order valence-electron chi connectivity index (χ1n) is 8.39. The number of carbonyl (C=O) groups excluding carboxylic acids is 1. The molecule has 0 unspecified atom stereocenters. The van der Waals surface area contributed by atoms with E-state index in [1.807, 2.05) is 42.5 Å². The summed E-state index contributed by atoms with van der Waals surface area (Å²) in [6, 6.07) is 15.7. The van der Waals surface area contributed by atoms with Crippen LogP contribution in [0.3, 0.4) is 0 Å². The van der Waals surface area contributed by atoms with Crippen LogP contribution in [0.2, 0.25) is 5.02 Å². The van der Waals surface area contributed by atoms with Crippen molar-refractivity contribution in [2.75, 3.05) is 5.32 Å². The molecule has 0 aliphatic rings. The summed E-state index contributed by atoms with van der Waals surface area (Å²) >= 11 is 13.1. The number of hydrogen-bond acceptors (Lipinski definition) is 3. The summed E-state index contributed by atoms with van der Waals surface area (Å²) in [6.45, 7) is 4.31. The van der Waals surface area contributed by atoms with Crippen LogP contribution in [-0.4, -0.2) is 11.0 Å². The van der Waals surface area contributed by atoms with Gasteiger partial charge in [0.25, 0.3) is 5.91 Å². The summed E-state index contributed by atoms with van der Waals surface area (Å²) < 4.78 is 0.976. The van der Waals surface area contributed by atoms with E-state index in [2.05, 4.69) is 30.5 Å². The third-order valence-corrected chi connectivity index (χ3v) is 6.20. The van der Waals surface area contributed by atoms with Gasteiger partial charge in [-0.2, -0.15) is 0 Å². The minimum atomic E-state index is -0.297. The number of para-hydroxylation sites is 1. The zero-order chi connectivity index (χ0) is 18.7. The van der Waals surface area contributed by atoms with Crippen LogP contribution < -0.4 is 10.6 Å². The fourth-order valence-corrected chi connectivity index (χ4v) is 4.35. The zero-order valence-electron chi connectivity index (χ0n) is 14.5. The second kappa shape index (κ2) is 8.16. The summed E-state index contributed by atoms with van der Waals surface area (Å²) in [4.78, 5) is 13.1. The number of carbonyl (C=O) groups is 1. The Bertz CT molecular complexity index is 967. The van der Waals surface area contributed by atoms with E-state index in [4.69, 9.17) is 23.8 Å². The van der Waals surface area contributed by atoms with E-state index in [9.17, 15) is 4.79 Å². The number of amides is 1. The predicted molar refractivity (Wildman–Crippen MR) is 116 cm³/mol. The Balaban J connectivity index is 1.76. The molecule has 0 spiro atoms. The van der Waals surface area contributed by atoms with Gasteiger partial charge in [0.2, 0.25) is 0 Å². The fraction of sp³-hybridized carbons (Fsp3) is 0.200. The smallest absolute Gasteiger partial charge is 0.269 e. The molecule has 0 bridgehead atoms. The molecule has 0 radical (unpaired) electrons. The van der Waals surface area contributed by atoms with Crippen molar-refractivity contribution < 1.29 is 4.79 Å². The second-order valence-electron chi connectivity index (χ2n) is 6.05. The average Bonchev–Trinajstić information content (AvgIpc) is 2.98. The SMILES string of the molecule is CC[C@@H](C)c1ccccc1NC(=S)NC(=O)c1sc2ccccc2c1Cl. The summed E-state index contributed by atoms with van der Waals surface area (Å²) in [6.07, 6.45) is 1.02. The number of anilines is 1. The van der Waals surface area contributed by atoms with Crippen molar-refractivity contribution in [3.8, 4) is 0 Å². The van der Waals surface area contributed by atoms with Crippen molar-refractivity contribution in [2.24, 2.45) is 0 Å². The largest absolute Gasteiger partial charge is 0.332 e. The van der Waals surface area contributed by atoms with Crippen molar-refractivity contribution in [1.82, 2.24) is 5.32 Å². The number of fused-ring (bicyclic) bond motifs is 1. The molecule has 3 rings (SSSR count). The Hall–Kier alpha value is -1.95. The van der Waals surface area contributed by atoms with Gasteiger partial charge < -0.3 is 5.32 Å². The first kappa shape index (κ1) is 18.8. The molecular formula is C20H19ClN2OS2. The number of halogens is 1. The number of thiophene rings is 1. The van der Waals surface area contributed by atoms with Gasteiger partial charge in [0.1, 0.15) is 4.88 Å². The Labute approximate surface area is 167 Å². The van der Waals surface area contributed by atoms with Crippen molar-refractivity contribution in [2.45, 2.75) is 26.2 Å². The number of thiocarbonyl (C=S) groups is 1. The molecule has 0 saturated carbocycles. The topological polar surface area (TPSA) is 41.1 Å². The molecule has 1 amide bonds. The third-order valence-electron chi connectivity index (χ3n) is 4.32. The van der Waals surface area contributed by atoms with Gasteiger partial charge in [-0.25, -0.2) is 0 Å². The normalized spacial score (nSPS) is 12.0. The minimum absolute atomic E-state index is 0.263. The van der Waals surface area contributed by atoms with Crippen LogP contribution in [0, 0.1) is 0 Å². The second-order valence-corrected chi connectivity index (χ2v) is 7.88. The van der Waals surface area contributed by atoms with Crippen LogP contribution in [-0.2, 0) is 0 Å². The molecule has 134 valence electrons. The average molecular weight is 403 g/mol. The van der Waals surface area contributed by atoms with Crippen LogP contribution in [0.15, 0.2) is 48.5 Å². The standard InChI is InChI=1S/C20H19ClN2OS2/c1-3-12(2)13-8-4-6-10-15(13)22-20(25)23-19(24)18-17(21)14-9-5-7-11-16(14)26-18/h4-12H,3H2,1-2H3,(H2,22,23,24,25)/t12-/m1/s1. The summed E-state index contributed by atoms with van der Waals surface area (Å²) in [5.74, 6) is 0.101. The first-order chi connectivity index (χ1) is 12.5. The van der Waals surface area contributed by atoms with Crippen LogP contribution >= 0.6 is 35.2 Å². The van der Waals surface area contributed by atoms with Crippen molar-refractivity contribution in [3.63, 3.8) is 0 Å². The quantitative estimate of drug-likeness (QED) is 0.511. The summed E-state index contributed by atoms with van der Waals surface area (Å²) in [5.41, 5.74) is 2.08. The molecule has 3 nitrogen and oxygen atoms in total. The van der Waals surface area contributed by atoms with E-state index in [0.717, 1.165) is 22.2 Å². The Morgan fingerprint density at radius 3 is 2.62 bits per heavy atom. The highest BCUT2D eigenvalue weighted by atomic mass is 35.5. The van der Waals surface area contributed by atoms with Crippen molar-refractivity contribution in [3.05, 3.63) is 64.0 Å². The highest BCUT2D eigenvalue weighted by Crippen LogP contribution is 2.35. The maximum Gasteiger partial charge on any atom is 0.269 e. The van der Waals surface area contributed by atoms with Gasteiger partial charge in [-0.3, -0.25) is 10.1 Å². The van der Waals surface area contributed by atoms with Gasteiger partial charge in [0.05, 0.1) is 5.02 Å². The van der Waals surface area contributed by atoms with Crippen LogP contribution in [0.5, 0.6) is 0 Å². The lowest BCUT2D eigenvalue weighted by Crippen LogP contribution is -2.34. The lowest BCUT2D eigenvalue weighted by Gasteiger charge is -2.17. The molecule has 26 heavy (non-hydrogen) atoms. The van der Waals surface area contributed by atoms with E-state index in [1.54, 1.807) is 0 Å². The predicted octanol–water partition coefficient (Wildman–Crippen LogP) is 6.20.